The summed E-state index contributed by atoms with van der Waals surface area (Å²) in [4.78, 5) is 19.9. The zero-order valence-corrected chi connectivity index (χ0v) is 11.8. The maximum Gasteiger partial charge on any atom is 0.258 e. The van der Waals surface area contributed by atoms with Gasteiger partial charge < -0.3 is 15.4 Å². The summed E-state index contributed by atoms with van der Waals surface area (Å²) < 4.78 is 30.7. The van der Waals surface area contributed by atoms with Crippen LogP contribution in [0.25, 0.3) is 0 Å². The van der Waals surface area contributed by atoms with Gasteiger partial charge in [-0.15, -0.1) is 0 Å². The number of hydrogen-bond donors (Lipinski definition) is 2. The smallest absolute Gasteiger partial charge is 0.258 e. The fourth-order valence-corrected chi connectivity index (χ4v) is 1.58. The third-order valence-electron chi connectivity index (χ3n) is 2.68. The molecule has 0 fully saturated rings. The molecule has 22 heavy (non-hydrogen) atoms. The molecule has 2 N–H and O–H groups in total. The summed E-state index contributed by atoms with van der Waals surface area (Å²) in [5, 5.41) is 5.34. The number of nitrogens with zero attached hydrogens (tertiary/aromatic N) is 2. The molecule has 1 aromatic carbocycles. The molecule has 1 aromatic heterocycles. The quantitative estimate of drug-likeness (QED) is 0.799. The van der Waals surface area contributed by atoms with Crippen molar-refractivity contribution in [2.75, 3.05) is 30.9 Å². The Morgan fingerprint density at radius 2 is 1.95 bits per heavy atom. The highest BCUT2D eigenvalue weighted by atomic mass is 19.2. The second kappa shape index (κ2) is 7.41. The van der Waals surface area contributed by atoms with Gasteiger partial charge in [0.15, 0.2) is 11.6 Å². The monoisotopic (exact) mass is 308 g/mol. The number of halogens is 2. The molecule has 0 aliphatic heterocycles. The summed E-state index contributed by atoms with van der Waals surface area (Å²) in [6.45, 7) is 1.04. The summed E-state index contributed by atoms with van der Waals surface area (Å²) >= 11 is 0. The third kappa shape index (κ3) is 4.19. The second-order valence-electron chi connectivity index (χ2n) is 4.30. The standard InChI is InChI=1S/C14H14F2N4O2/c1-22-5-4-17-14-18-7-9(8-19-14)13(21)20-10-2-3-11(15)12(16)6-10/h2-3,6-8H,4-5H2,1H3,(H,20,21)(H,17,18,19). The molecule has 0 saturated heterocycles. The van der Waals surface area contributed by atoms with Crippen LogP contribution >= 0.6 is 0 Å². The topological polar surface area (TPSA) is 76.1 Å². The Labute approximate surface area is 125 Å². The molecule has 1 heterocycles. The van der Waals surface area contributed by atoms with E-state index < -0.39 is 17.5 Å². The highest BCUT2D eigenvalue weighted by Gasteiger charge is 2.09. The van der Waals surface area contributed by atoms with Crippen molar-refractivity contribution in [1.82, 2.24) is 9.97 Å². The zero-order valence-electron chi connectivity index (χ0n) is 11.8. The highest BCUT2D eigenvalue weighted by molar-refractivity contribution is 6.03. The average molecular weight is 308 g/mol. The average Bonchev–Trinajstić information content (AvgIpc) is 2.52. The Balaban J connectivity index is 1.98. The van der Waals surface area contributed by atoms with Crippen molar-refractivity contribution in [3.63, 3.8) is 0 Å². The largest absolute Gasteiger partial charge is 0.383 e. The molecule has 0 unspecified atom stereocenters. The number of ether oxygens (including phenoxy) is 1. The first-order valence-corrected chi connectivity index (χ1v) is 6.41. The van der Waals surface area contributed by atoms with Crippen molar-refractivity contribution in [2.45, 2.75) is 0 Å². The van der Waals surface area contributed by atoms with Gasteiger partial charge in [0, 0.05) is 37.8 Å². The fraction of sp³-hybridized carbons (Fsp3) is 0.214. The van der Waals surface area contributed by atoms with Crippen molar-refractivity contribution in [2.24, 2.45) is 0 Å². The van der Waals surface area contributed by atoms with Gasteiger partial charge >= 0.3 is 0 Å². The summed E-state index contributed by atoms with van der Waals surface area (Å²) in [7, 11) is 1.58. The van der Waals surface area contributed by atoms with Gasteiger partial charge in [-0.3, -0.25) is 4.79 Å². The van der Waals surface area contributed by atoms with Crippen LogP contribution in [-0.2, 0) is 4.74 Å². The lowest BCUT2D eigenvalue weighted by Crippen LogP contribution is -2.14. The molecule has 116 valence electrons. The summed E-state index contributed by atoms with van der Waals surface area (Å²) in [5.74, 6) is -2.17. The fourth-order valence-electron chi connectivity index (χ4n) is 1.58. The summed E-state index contributed by atoms with van der Waals surface area (Å²) in [6.07, 6.45) is 2.66. The maximum atomic E-state index is 13.1. The predicted octanol–water partition coefficient (Wildman–Crippen LogP) is 2.07. The van der Waals surface area contributed by atoms with Crippen LogP contribution in [0, 0.1) is 11.6 Å². The molecule has 0 bridgehead atoms. The van der Waals surface area contributed by atoms with E-state index in [-0.39, 0.29) is 11.3 Å². The van der Waals surface area contributed by atoms with E-state index in [1.165, 1.54) is 18.5 Å². The van der Waals surface area contributed by atoms with E-state index in [1.54, 1.807) is 7.11 Å². The second-order valence-corrected chi connectivity index (χ2v) is 4.30. The van der Waals surface area contributed by atoms with Gasteiger partial charge in [0.05, 0.1) is 12.2 Å². The van der Waals surface area contributed by atoms with E-state index in [0.717, 1.165) is 12.1 Å². The Hall–Kier alpha value is -2.61. The summed E-state index contributed by atoms with van der Waals surface area (Å²) in [6, 6.07) is 3.09. The van der Waals surface area contributed by atoms with Crippen molar-refractivity contribution >= 4 is 17.5 Å². The van der Waals surface area contributed by atoms with Crippen LogP contribution in [0.5, 0.6) is 0 Å². The molecule has 8 heteroatoms. The van der Waals surface area contributed by atoms with Gasteiger partial charge in [-0.25, -0.2) is 18.7 Å². The molecule has 0 aliphatic carbocycles. The van der Waals surface area contributed by atoms with Crippen molar-refractivity contribution in [3.8, 4) is 0 Å². The number of methoxy groups -OCH3 is 1. The van der Waals surface area contributed by atoms with E-state index in [2.05, 4.69) is 20.6 Å². The van der Waals surface area contributed by atoms with Gasteiger partial charge in [0.25, 0.3) is 5.91 Å². The normalized spacial score (nSPS) is 10.3. The van der Waals surface area contributed by atoms with Crippen LogP contribution < -0.4 is 10.6 Å². The molecule has 6 nitrogen and oxygen atoms in total. The third-order valence-corrected chi connectivity index (χ3v) is 2.68. The molecule has 2 aromatic rings. The lowest BCUT2D eigenvalue weighted by molar-refractivity contribution is 0.102. The number of rotatable bonds is 6. The molecule has 1 amide bonds. The first kappa shape index (κ1) is 15.8. The van der Waals surface area contributed by atoms with Crippen LogP contribution in [0.1, 0.15) is 10.4 Å². The van der Waals surface area contributed by atoms with E-state index in [1.807, 2.05) is 0 Å². The minimum absolute atomic E-state index is 0.145. The predicted molar refractivity (Wildman–Crippen MR) is 76.7 cm³/mol. The number of carbonyl (C=O) groups excluding carboxylic acids is 1. The number of carbonyl (C=O) groups is 1. The number of benzene rings is 1. The lowest BCUT2D eigenvalue weighted by Gasteiger charge is -2.06. The molecule has 0 saturated carbocycles. The number of hydrogen-bond acceptors (Lipinski definition) is 5. The number of anilines is 2. The Kier molecular flexibility index (Phi) is 5.31. The first-order chi connectivity index (χ1) is 10.6. The van der Waals surface area contributed by atoms with Crippen LogP contribution in [0.3, 0.4) is 0 Å². The summed E-state index contributed by atoms with van der Waals surface area (Å²) in [5.41, 5.74) is 0.341. The van der Waals surface area contributed by atoms with Gasteiger partial charge in [0.1, 0.15) is 0 Å². The van der Waals surface area contributed by atoms with Crippen LogP contribution in [0.2, 0.25) is 0 Å². The number of nitrogens with one attached hydrogen (secondary N) is 2. The zero-order chi connectivity index (χ0) is 15.9. The van der Waals surface area contributed by atoms with Gasteiger partial charge in [0.2, 0.25) is 5.95 Å². The molecule has 2 rings (SSSR count). The minimum Gasteiger partial charge on any atom is -0.383 e. The molecule has 0 atom stereocenters. The van der Waals surface area contributed by atoms with Gasteiger partial charge in [-0.2, -0.15) is 0 Å². The number of aromatic nitrogens is 2. The Morgan fingerprint density at radius 3 is 2.59 bits per heavy atom. The van der Waals surface area contributed by atoms with Crippen LogP contribution in [0.15, 0.2) is 30.6 Å². The molecule has 0 radical (unpaired) electrons. The first-order valence-electron chi connectivity index (χ1n) is 6.41. The van der Waals surface area contributed by atoms with E-state index in [0.29, 0.717) is 19.1 Å². The lowest BCUT2D eigenvalue weighted by atomic mass is 10.2. The molecular formula is C14H14F2N4O2. The molecular weight excluding hydrogens is 294 g/mol. The van der Waals surface area contributed by atoms with E-state index >= 15 is 0 Å². The SMILES string of the molecule is COCCNc1ncc(C(=O)Nc2ccc(F)c(F)c2)cn1. The van der Waals surface area contributed by atoms with Crippen molar-refractivity contribution in [3.05, 3.63) is 47.8 Å². The van der Waals surface area contributed by atoms with Crippen LogP contribution in [0.4, 0.5) is 20.4 Å². The Morgan fingerprint density at radius 1 is 1.23 bits per heavy atom. The van der Waals surface area contributed by atoms with E-state index in [4.69, 9.17) is 4.74 Å². The minimum atomic E-state index is -1.04. The van der Waals surface area contributed by atoms with Crippen molar-refractivity contribution in [1.29, 1.82) is 0 Å². The highest BCUT2D eigenvalue weighted by Crippen LogP contribution is 2.14. The number of amides is 1. The van der Waals surface area contributed by atoms with E-state index in [9.17, 15) is 13.6 Å². The van der Waals surface area contributed by atoms with Gasteiger partial charge in [-0.05, 0) is 12.1 Å². The Bertz CT molecular complexity index is 650. The van der Waals surface area contributed by atoms with Crippen molar-refractivity contribution < 1.29 is 18.3 Å². The van der Waals surface area contributed by atoms with Gasteiger partial charge in [-0.1, -0.05) is 0 Å². The molecule has 0 spiro atoms. The molecule has 0 aliphatic rings. The maximum absolute atomic E-state index is 13.1. The van der Waals surface area contributed by atoms with Crippen LogP contribution in [-0.4, -0.2) is 36.1 Å².